The molecule has 2 rings (SSSR count). The molecule has 2 aromatic rings. The number of nitrogens with zero attached hydrogens (tertiary/aromatic N) is 1. The van der Waals surface area contributed by atoms with Crippen LogP contribution in [0, 0.1) is 11.3 Å². The van der Waals surface area contributed by atoms with E-state index in [9.17, 15) is 10.1 Å². The first-order chi connectivity index (χ1) is 13.4. The quantitative estimate of drug-likeness (QED) is 0.304. The van der Waals surface area contributed by atoms with E-state index in [-0.39, 0.29) is 5.57 Å². The molecule has 0 saturated carbocycles. The third kappa shape index (κ3) is 5.52. The summed E-state index contributed by atoms with van der Waals surface area (Å²) in [6.45, 7) is 3.91. The van der Waals surface area contributed by atoms with Crippen molar-refractivity contribution in [2.24, 2.45) is 0 Å². The van der Waals surface area contributed by atoms with Crippen LogP contribution in [0.2, 0.25) is 10.0 Å². The van der Waals surface area contributed by atoms with Crippen molar-refractivity contribution in [3.63, 3.8) is 0 Å². The SMILES string of the molecule is C=CCOc1c(Br)cc(/C=C(\C#N)C(=O)Nc2cc(Cl)ccc2Cl)cc1OC. The van der Waals surface area contributed by atoms with Gasteiger partial charge in [0.1, 0.15) is 18.2 Å². The maximum atomic E-state index is 12.5. The Kier molecular flexibility index (Phi) is 7.94. The Balaban J connectivity index is 2.34. The van der Waals surface area contributed by atoms with E-state index in [0.29, 0.717) is 43.9 Å². The molecule has 0 fully saturated rings. The average molecular weight is 482 g/mol. The Morgan fingerprint density at radius 3 is 2.75 bits per heavy atom. The van der Waals surface area contributed by atoms with Crippen LogP contribution >= 0.6 is 39.1 Å². The van der Waals surface area contributed by atoms with Gasteiger partial charge in [-0.1, -0.05) is 35.9 Å². The molecule has 0 aromatic heterocycles. The minimum Gasteiger partial charge on any atom is -0.493 e. The molecule has 1 amide bonds. The second-order valence-electron chi connectivity index (χ2n) is 5.38. The lowest BCUT2D eigenvalue weighted by Gasteiger charge is -2.12. The number of carbonyl (C=O) groups is 1. The molecule has 0 radical (unpaired) electrons. The van der Waals surface area contributed by atoms with Gasteiger partial charge in [0.15, 0.2) is 11.5 Å². The number of anilines is 1. The number of carbonyl (C=O) groups excluding carboxylic acids is 1. The largest absolute Gasteiger partial charge is 0.493 e. The molecule has 2 aromatic carbocycles. The van der Waals surface area contributed by atoms with E-state index in [4.69, 9.17) is 32.7 Å². The van der Waals surface area contributed by atoms with E-state index in [0.717, 1.165) is 0 Å². The normalized spacial score (nSPS) is 10.8. The zero-order valence-corrected chi connectivity index (χ0v) is 17.9. The van der Waals surface area contributed by atoms with Crippen molar-refractivity contribution < 1.29 is 14.3 Å². The molecule has 0 bridgehead atoms. The number of ether oxygens (including phenoxy) is 2. The molecule has 0 heterocycles. The van der Waals surface area contributed by atoms with Crippen molar-refractivity contribution in [3.05, 3.63) is 68.6 Å². The van der Waals surface area contributed by atoms with Crippen molar-refractivity contribution >= 4 is 56.8 Å². The Morgan fingerprint density at radius 2 is 2.11 bits per heavy atom. The molecule has 0 atom stereocenters. The zero-order chi connectivity index (χ0) is 20.7. The van der Waals surface area contributed by atoms with E-state index >= 15 is 0 Å². The third-order valence-corrected chi connectivity index (χ3v) is 4.60. The van der Waals surface area contributed by atoms with Gasteiger partial charge in [-0.3, -0.25) is 4.79 Å². The number of amides is 1. The highest BCUT2D eigenvalue weighted by molar-refractivity contribution is 9.10. The lowest BCUT2D eigenvalue weighted by Crippen LogP contribution is -2.13. The molecule has 0 aliphatic rings. The topological polar surface area (TPSA) is 71.3 Å². The highest BCUT2D eigenvalue weighted by atomic mass is 79.9. The van der Waals surface area contributed by atoms with Crippen LogP contribution in [0.4, 0.5) is 5.69 Å². The number of methoxy groups -OCH3 is 1. The van der Waals surface area contributed by atoms with Gasteiger partial charge in [-0.25, -0.2) is 0 Å². The fourth-order valence-corrected chi connectivity index (χ4v) is 3.11. The Morgan fingerprint density at radius 1 is 1.36 bits per heavy atom. The molecule has 0 aliphatic carbocycles. The summed E-state index contributed by atoms with van der Waals surface area (Å²) in [6.07, 6.45) is 3.04. The second-order valence-corrected chi connectivity index (χ2v) is 7.08. The highest BCUT2D eigenvalue weighted by Gasteiger charge is 2.15. The number of benzene rings is 2. The molecular weight excluding hydrogens is 467 g/mol. The maximum Gasteiger partial charge on any atom is 0.266 e. The molecule has 8 heteroatoms. The number of rotatable bonds is 7. The van der Waals surface area contributed by atoms with E-state index in [1.54, 1.807) is 30.3 Å². The van der Waals surface area contributed by atoms with E-state index in [2.05, 4.69) is 27.8 Å². The molecule has 0 unspecified atom stereocenters. The van der Waals surface area contributed by atoms with E-state index in [1.165, 1.54) is 19.3 Å². The smallest absolute Gasteiger partial charge is 0.266 e. The predicted octanol–water partition coefficient (Wildman–Crippen LogP) is 5.87. The number of nitrogens with one attached hydrogen (secondary N) is 1. The molecule has 0 aliphatic heterocycles. The van der Waals surface area contributed by atoms with Crippen LogP contribution in [0.5, 0.6) is 11.5 Å². The highest BCUT2D eigenvalue weighted by Crippen LogP contribution is 2.37. The molecule has 0 spiro atoms. The van der Waals surface area contributed by atoms with Crippen LogP contribution in [0.3, 0.4) is 0 Å². The van der Waals surface area contributed by atoms with Crippen molar-refractivity contribution in [3.8, 4) is 17.6 Å². The second kappa shape index (κ2) is 10.2. The monoisotopic (exact) mass is 480 g/mol. The minimum absolute atomic E-state index is 0.121. The predicted molar refractivity (Wildman–Crippen MR) is 115 cm³/mol. The maximum absolute atomic E-state index is 12.5. The Bertz CT molecular complexity index is 984. The summed E-state index contributed by atoms with van der Waals surface area (Å²) in [7, 11) is 1.50. The van der Waals surface area contributed by atoms with Gasteiger partial charge in [-0.15, -0.1) is 0 Å². The van der Waals surface area contributed by atoms with Crippen molar-refractivity contribution in [1.29, 1.82) is 5.26 Å². The van der Waals surface area contributed by atoms with Crippen LogP contribution in [-0.4, -0.2) is 19.6 Å². The van der Waals surface area contributed by atoms with Crippen LogP contribution in [0.25, 0.3) is 6.08 Å². The van der Waals surface area contributed by atoms with Crippen LogP contribution in [0.1, 0.15) is 5.56 Å². The van der Waals surface area contributed by atoms with Gasteiger partial charge in [-0.05, 0) is 57.9 Å². The van der Waals surface area contributed by atoms with Crippen LogP contribution in [0.15, 0.2) is 53.0 Å². The fourth-order valence-electron chi connectivity index (χ4n) is 2.20. The summed E-state index contributed by atoms with van der Waals surface area (Å²) >= 11 is 15.4. The van der Waals surface area contributed by atoms with Crippen LogP contribution in [-0.2, 0) is 4.79 Å². The molecule has 144 valence electrons. The Hall–Kier alpha value is -2.46. The number of halogens is 3. The first-order valence-corrected chi connectivity index (χ1v) is 9.44. The van der Waals surface area contributed by atoms with Gasteiger partial charge in [0, 0.05) is 5.02 Å². The van der Waals surface area contributed by atoms with Crippen molar-refractivity contribution in [2.75, 3.05) is 19.0 Å². The molecule has 0 saturated heterocycles. The van der Waals surface area contributed by atoms with E-state index in [1.807, 2.05) is 6.07 Å². The van der Waals surface area contributed by atoms with Crippen molar-refractivity contribution in [1.82, 2.24) is 0 Å². The zero-order valence-electron chi connectivity index (χ0n) is 14.8. The van der Waals surface area contributed by atoms with Gasteiger partial charge in [0.25, 0.3) is 5.91 Å². The summed E-state index contributed by atoms with van der Waals surface area (Å²) in [4.78, 5) is 12.5. The number of hydrogen-bond donors (Lipinski definition) is 1. The standard InChI is InChI=1S/C20H15BrCl2N2O3/c1-3-6-28-19-15(21)8-12(9-18(19)27-2)7-13(11-24)20(26)25-17-10-14(22)4-5-16(17)23/h3-5,7-10H,1,6H2,2H3,(H,25,26)/b13-7+. The van der Waals surface area contributed by atoms with Gasteiger partial charge in [0.05, 0.1) is 22.3 Å². The van der Waals surface area contributed by atoms with Gasteiger partial charge in [-0.2, -0.15) is 5.26 Å². The molecule has 5 nitrogen and oxygen atoms in total. The van der Waals surface area contributed by atoms with Crippen molar-refractivity contribution in [2.45, 2.75) is 0 Å². The van der Waals surface area contributed by atoms with Crippen LogP contribution < -0.4 is 14.8 Å². The number of nitriles is 1. The molecular formula is C20H15BrCl2N2O3. The number of hydrogen-bond acceptors (Lipinski definition) is 4. The van der Waals surface area contributed by atoms with E-state index < -0.39 is 5.91 Å². The van der Waals surface area contributed by atoms with Gasteiger partial charge in [0.2, 0.25) is 0 Å². The lowest BCUT2D eigenvalue weighted by molar-refractivity contribution is -0.112. The average Bonchev–Trinajstić information content (AvgIpc) is 2.67. The molecule has 1 N–H and O–H groups in total. The van der Waals surface area contributed by atoms with Gasteiger partial charge >= 0.3 is 0 Å². The summed E-state index contributed by atoms with van der Waals surface area (Å²) in [5.74, 6) is 0.319. The summed E-state index contributed by atoms with van der Waals surface area (Å²) in [5, 5.41) is 12.7. The Labute approximate surface area is 181 Å². The summed E-state index contributed by atoms with van der Waals surface area (Å²) in [5.41, 5.74) is 0.760. The summed E-state index contributed by atoms with van der Waals surface area (Å²) in [6, 6.07) is 9.90. The minimum atomic E-state index is -0.617. The fraction of sp³-hybridized carbons (Fsp3) is 0.100. The summed E-state index contributed by atoms with van der Waals surface area (Å²) < 4.78 is 11.5. The lowest BCUT2D eigenvalue weighted by atomic mass is 10.1. The third-order valence-electron chi connectivity index (χ3n) is 3.45. The molecule has 28 heavy (non-hydrogen) atoms. The first-order valence-electron chi connectivity index (χ1n) is 7.89. The van der Waals surface area contributed by atoms with Gasteiger partial charge < -0.3 is 14.8 Å². The first kappa shape index (κ1) is 21.8.